The number of anilines is 1. The number of hydrogen-bond acceptors (Lipinski definition) is 4. The predicted molar refractivity (Wildman–Crippen MR) is 140 cm³/mol. The summed E-state index contributed by atoms with van der Waals surface area (Å²) in [7, 11) is 0. The summed E-state index contributed by atoms with van der Waals surface area (Å²) >= 11 is 0. The van der Waals surface area contributed by atoms with Crippen LogP contribution in [-0.4, -0.2) is 50.6 Å². The monoisotopic (exact) mass is 468 g/mol. The number of likely N-dealkylation sites (tertiary alicyclic amines) is 1. The highest BCUT2D eigenvalue weighted by atomic mass is 16.2. The van der Waals surface area contributed by atoms with Crippen LogP contribution in [0.1, 0.15) is 41.6 Å². The average molecular weight is 469 g/mol. The zero-order chi connectivity index (χ0) is 23.7. The number of carbonyl (C=O) groups excluding carboxylic acids is 1. The minimum atomic E-state index is 0.0558. The number of imidazole rings is 1. The van der Waals surface area contributed by atoms with Crippen molar-refractivity contribution in [1.82, 2.24) is 19.0 Å². The Labute approximate surface area is 204 Å². The zero-order valence-electron chi connectivity index (χ0n) is 20.3. The maximum Gasteiger partial charge on any atom is 0.254 e. The van der Waals surface area contributed by atoms with E-state index in [1.165, 1.54) is 35.0 Å². The first-order valence-corrected chi connectivity index (χ1v) is 13.0. The molecule has 7 nitrogen and oxygen atoms in total. The van der Waals surface area contributed by atoms with Gasteiger partial charge < -0.3 is 25.1 Å². The Morgan fingerprint density at radius 2 is 2.03 bits per heavy atom. The first kappa shape index (κ1) is 21.0. The van der Waals surface area contributed by atoms with Crippen LogP contribution >= 0.6 is 0 Å². The van der Waals surface area contributed by atoms with E-state index >= 15 is 0 Å². The van der Waals surface area contributed by atoms with E-state index in [1.54, 1.807) is 0 Å². The molecule has 0 bridgehead atoms. The van der Waals surface area contributed by atoms with E-state index < -0.39 is 0 Å². The summed E-state index contributed by atoms with van der Waals surface area (Å²) in [5, 5.41) is 4.80. The summed E-state index contributed by atoms with van der Waals surface area (Å²) < 4.78 is 4.84. The van der Waals surface area contributed by atoms with E-state index in [9.17, 15) is 4.79 Å². The van der Waals surface area contributed by atoms with Crippen LogP contribution in [0.5, 0.6) is 0 Å². The lowest BCUT2D eigenvalue weighted by Crippen LogP contribution is -2.45. The largest absolute Gasteiger partial charge is 0.381 e. The molecule has 1 aliphatic carbocycles. The van der Waals surface area contributed by atoms with Gasteiger partial charge in [0.2, 0.25) is 0 Å². The Balaban J connectivity index is 1.38. The number of nitrogens with zero attached hydrogens (tertiary/aromatic N) is 4. The van der Waals surface area contributed by atoms with Crippen LogP contribution in [0.15, 0.2) is 36.4 Å². The molecular formula is C28H32N6O. The molecule has 7 rings (SSSR count). The molecule has 2 aromatic carbocycles. The number of fused-ring (bicyclic) bond motifs is 1. The molecule has 1 atom stereocenters. The minimum Gasteiger partial charge on any atom is -0.381 e. The van der Waals surface area contributed by atoms with Gasteiger partial charge in [-0.25, -0.2) is 4.98 Å². The van der Waals surface area contributed by atoms with E-state index in [-0.39, 0.29) is 11.9 Å². The molecule has 35 heavy (non-hydrogen) atoms. The number of piperidine rings is 1. The number of carbonyl (C=O) groups is 1. The Bertz CT molecular complexity index is 1480. The lowest BCUT2D eigenvalue weighted by Gasteiger charge is -2.31. The summed E-state index contributed by atoms with van der Waals surface area (Å²) in [5.74, 6) is 1.82. The van der Waals surface area contributed by atoms with Crippen molar-refractivity contribution in [3.63, 3.8) is 0 Å². The SMILES string of the molecule is Cc1cccc2cc(-c3nc4cc(C(=O)N5CCC[C@@H](N)C5)cc5c4n3CCN5)n(CC3CC3)c12. The number of para-hydroxylation sites is 1. The van der Waals surface area contributed by atoms with Crippen molar-refractivity contribution in [2.24, 2.45) is 11.7 Å². The number of aromatic nitrogens is 3. The summed E-state index contributed by atoms with van der Waals surface area (Å²) in [6.07, 6.45) is 4.56. The van der Waals surface area contributed by atoms with Gasteiger partial charge in [0.15, 0.2) is 5.82 Å². The second-order valence-corrected chi connectivity index (χ2v) is 10.7. The molecule has 0 unspecified atom stereocenters. The normalized spacial score (nSPS) is 19.9. The van der Waals surface area contributed by atoms with Gasteiger partial charge in [-0.1, -0.05) is 18.2 Å². The highest BCUT2D eigenvalue weighted by Crippen LogP contribution is 2.39. The van der Waals surface area contributed by atoms with Gasteiger partial charge in [-0.05, 0) is 62.3 Å². The predicted octanol–water partition coefficient (Wildman–Crippen LogP) is 4.37. The highest BCUT2D eigenvalue weighted by Gasteiger charge is 2.29. The molecule has 3 aliphatic rings. The Hall–Kier alpha value is -3.32. The average Bonchev–Trinajstić information content (AvgIpc) is 3.50. The van der Waals surface area contributed by atoms with Crippen LogP contribution in [0.3, 0.4) is 0 Å². The second kappa shape index (κ2) is 7.85. The molecule has 7 heteroatoms. The zero-order valence-corrected chi connectivity index (χ0v) is 20.3. The van der Waals surface area contributed by atoms with Crippen LogP contribution < -0.4 is 11.1 Å². The molecule has 1 saturated carbocycles. The molecule has 2 aromatic heterocycles. The molecule has 4 aromatic rings. The van der Waals surface area contributed by atoms with Crippen LogP contribution in [0.2, 0.25) is 0 Å². The number of amides is 1. The van der Waals surface area contributed by atoms with Crippen molar-refractivity contribution < 1.29 is 4.79 Å². The summed E-state index contributed by atoms with van der Waals surface area (Å²) in [5.41, 5.74) is 13.6. The van der Waals surface area contributed by atoms with Gasteiger partial charge >= 0.3 is 0 Å². The fourth-order valence-electron chi connectivity index (χ4n) is 6.07. The first-order chi connectivity index (χ1) is 17.1. The molecular weight excluding hydrogens is 436 g/mol. The number of nitrogens with two attached hydrogens (primary N) is 1. The van der Waals surface area contributed by atoms with Gasteiger partial charge in [0.05, 0.1) is 27.9 Å². The second-order valence-electron chi connectivity index (χ2n) is 10.7. The van der Waals surface area contributed by atoms with Gasteiger partial charge in [0, 0.05) is 49.7 Å². The van der Waals surface area contributed by atoms with E-state index in [0.717, 1.165) is 67.5 Å². The number of aryl methyl sites for hydroxylation is 1. The molecule has 1 saturated heterocycles. The topological polar surface area (TPSA) is 81.1 Å². The smallest absolute Gasteiger partial charge is 0.254 e. The van der Waals surface area contributed by atoms with Crippen molar-refractivity contribution in [3.8, 4) is 11.5 Å². The molecule has 0 spiro atoms. The third-order valence-corrected chi connectivity index (χ3v) is 7.97. The third kappa shape index (κ3) is 3.44. The number of nitrogens with one attached hydrogen (secondary N) is 1. The van der Waals surface area contributed by atoms with Crippen LogP contribution in [0, 0.1) is 12.8 Å². The van der Waals surface area contributed by atoms with Gasteiger partial charge in [0.25, 0.3) is 5.91 Å². The standard InChI is InChI=1S/C28H32N6O/c1-17-4-2-5-19-14-24(34(25(17)19)15-18-7-8-18)27-31-23-13-20(12-22-26(23)33(27)11-9-30-22)28(35)32-10-3-6-21(29)16-32/h2,4-5,12-14,18,21,30H,3,6-11,15-16,29H2,1H3/t21-/m1/s1. The van der Waals surface area contributed by atoms with Gasteiger partial charge in [0.1, 0.15) is 0 Å². The fraction of sp³-hybridized carbons (Fsp3) is 0.429. The number of benzene rings is 2. The maximum atomic E-state index is 13.4. The third-order valence-electron chi connectivity index (χ3n) is 7.97. The van der Waals surface area contributed by atoms with Crippen LogP contribution in [0.25, 0.3) is 33.5 Å². The van der Waals surface area contributed by atoms with Crippen molar-refractivity contribution in [2.75, 3.05) is 25.0 Å². The molecule has 3 N–H and O–H groups in total. The minimum absolute atomic E-state index is 0.0558. The van der Waals surface area contributed by atoms with Gasteiger partial charge in [-0.15, -0.1) is 0 Å². The first-order valence-electron chi connectivity index (χ1n) is 13.0. The Kier molecular flexibility index (Phi) is 4.71. The number of hydrogen-bond donors (Lipinski definition) is 2. The van der Waals surface area contributed by atoms with Gasteiger partial charge in [-0.2, -0.15) is 0 Å². The molecule has 0 radical (unpaired) electrons. The summed E-state index contributed by atoms with van der Waals surface area (Å²) in [6, 6.07) is 12.9. The highest BCUT2D eigenvalue weighted by molar-refractivity contribution is 6.03. The van der Waals surface area contributed by atoms with Crippen molar-refractivity contribution in [1.29, 1.82) is 0 Å². The molecule has 2 fully saturated rings. The number of rotatable bonds is 4. The summed E-state index contributed by atoms with van der Waals surface area (Å²) in [4.78, 5) is 20.5. The van der Waals surface area contributed by atoms with E-state index in [1.807, 2.05) is 17.0 Å². The van der Waals surface area contributed by atoms with E-state index in [2.05, 4.69) is 45.6 Å². The maximum absolute atomic E-state index is 13.4. The Morgan fingerprint density at radius 1 is 1.14 bits per heavy atom. The van der Waals surface area contributed by atoms with Crippen molar-refractivity contribution in [2.45, 2.75) is 51.7 Å². The molecule has 1 amide bonds. The van der Waals surface area contributed by atoms with Gasteiger partial charge in [-0.3, -0.25) is 4.79 Å². The molecule has 180 valence electrons. The lowest BCUT2D eigenvalue weighted by molar-refractivity contribution is 0.0709. The van der Waals surface area contributed by atoms with Crippen LogP contribution in [-0.2, 0) is 13.1 Å². The Morgan fingerprint density at radius 3 is 2.86 bits per heavy atom. The fourth-order valence-corrected chi connectivity index (χ4v) is 6.07. The van der Waals surface area contributed by atoms with E-state index in [0.29, 0.717) is 12.1 Å². The quantitative estimate of drug-likeness (QED) is 0.466. The van der Waals surface area contributed by atoms with Crippen molar-refractivity contribution >= 4 is 33.5 Å². The molecule has 4 heterocycles. The lowest BCUT2D eigenvalue weighted by atomic mass is 10.0. The van der Waals surface area contributed by atoms with Crippen LogP contribution in [0.4, 0.5) is 5.69 Å². The summed E-state index contributed by atoms with van der Waals surface area (Å²) in [6.45, 7) is 6.31. The van der Waals surface area contributed by atoms with Crippen molar-refractivity contribution in [3.05, 3.63) is 47.5 Å². The molecule has 2 aliphatic heterocycles. The van der Waals surface area contributed by atoms with E-state index in [4.69, 9.17) is 10.7 Å².